The highest BCUT2D eigenvalue weighted by atomic mass is 19.2. The number of aliphatic carboxylic acids is 1. The number of carboxylic acid groups (broad SMARTS) is 1. The van der Waals surface area contributed by atoms with Gasteiger partial charge in [-0.3, -0.25) is 19.2 Å². The highest BCUT2D eigenvalue weighted by Crippen LogP contribution is 2.26. The van der Waals surface area contributed by atoms with Crippen molar-refractivity contribution in [2.45, 2.75) is 12.5 Å². The number of amides is 2. The number of nitrogens with one attached hydrogen (secondary N) is 2. The molecule has 0 aliphatic heterocycles. The molecule has 0 aromatic heterocycles. The lowest BCUT2D eigenvalue weighted by molar-refractivity contribution is -0.140. The number of rotatable bonds is 10. The van der Waals surface area contributed by atoms with E-state index in [1.165, 1.54) is 0 Å². The van der Waals surface area contributed by atoms with Gasteiger partial charge in [0.15, 0.2) is 23.2 Å². The molecule has 26 heavy (non-hydrogen) atoms. The van der Waals surface area contributed by atoms with Crippen LogP contribution in [0.25, 0.3) is 0 Å². The van der Waals surface area contributed by atoms with Crippen LogP contribution in [-0.2, 0) is 19.2 Å². The van der Waals surface area contributed by atoms with Crippen molar-refractivity contribution in [1.82, 2.24) is 10.6 Å². The zero-order valence-corrected chi connectivity index (χ0v) is 12.9. The smallest absolute Gasteiger partial charge is 0.305 e. The van der Waals surface area contributed by atoms with Gasteiger partial charge in [-0.15, -0.1) is 0 Å². The molecule has 0 saturated heterocycles. The van der Waals surface area contributed by atoms with Gasteiger partial charge in [-0.05, 0) is 0 Å². The van der Waals surface area contributed by atoms with Gasteiger partial charge < -0.3 is 20.5 Å². The van der Waals surface area contributed by atoms with Crippen LogP contribution in [0.15, 0.2) is 6.07 Å². The maximum atomic E-state index is 13.4. The molecular formula is C14H12F4N2O6. The van der Waals surface area contributed by atoms with E-state index in [9.17, 15) is 36.7 Å². The van der Waals surface area contributed by atoms with E-state index in [1.54, 1.807) is 0 Å². The fourth-order valence-corrected chi connectivity index (χ4v) is 1.72. The van der Waals surface area contributed by atoms with Crippen molar-refractivity contribution in [1.29, 1.82) is 0 Å². The Labute approximate surface area is 143 Å². The maximum Gasteiger partial charge on any atom is 0.305 e. The second-order valence-electron chi connectivity index (χ2n) is 4.77. The fourth-order valence-electron chi connectivity index (χ4n) is 1.72. The molecule has 2 amide bonds. The van der Waals surface area contributed by atoms with Gasteiger partial charge in [0.2, 0.25) is 24.0 Å². The summed E-state index contributed by atoms with van der Waals surface area (Å²) in [5.74, 6) is -12.4. The van der Waals surface area contributed by atoms with E-state index in [1.807, 2.05) is 10.6 Å². The molecule has 0 heterocycles. The van der Waals surface area contributed by atoms with E-state index in [4.69, 9.17) is 5.11 Å². The van der Waals surface area contributed by atoms with Crippen LogP contribution in [0.1, 0.15) is 6.42 Å². The molecule has 0 aliphatic rings. The molecule has 0 radical (unpaired) electrons. The first-order valence-corrected chi connectivity index (χ1v) is 6.84. The number of halogens is 4. The van der Waals surface area contributed by atoms with Crippen LogP contribution in [0.3, 0.4) is 0 Å². The number of carbonyl (C=O) groups is 4. The quantitative estimate of drug-likeness (QED) is 0.296. The van der Waals surface area contributed by atoms with E-state index >= 15 is 0 Å². The van der Waals surface area contributed by atoms with E-state index in [0.29, 0.717) is 0 Å². The summed E-state index contributed by atoms with van der Waals surface area (Å²) >= 11 is 0. The number of ketones is 1. The summed E-state index contributed by atoms with van der Waals surface area (Å²) in [5.41, 5.74) is 0. The number of carboxylic acids is 1. The highest BCUT2D eigenvalue weighted by molar-refractivity contribution is 5.93. The van der Waals surface area contributed by atoms with E-state index < -0.39 is 72.3 Å². The van der Waals surface area contributed by atoms with Gasteiger partial charge in [0.1, 0.15) is 12.6 Å². The molecule has 142 valence electrons. The molecule has 0 bridgehead atoms. The molecule has 12 heteroatoms. The Morgan fingerprint density at radius 3 is 2.23 bits per heavy atom. The zero-order chi connectivity index (χ0) is 19.9. The van der Waals surface area contributed by atoms with Crippen LogP contribution in [-0.4, -0.2) is 48.4 Å². The summed E-state index contributed by atoms with van der Waals surface area (Å²) in [6.45, 7) is -1.75. The monoisotopic (exact) mass is 380 g/mol. The van der Waals surface area contributed by atoms with Gasteiger partial charge >= 0.3 is 5.97 Å². The summed E-state index contributed by atoms with van der Waals surface area (Å²) in [6, 6.07) is -1.73. The summed E-state index contributed by atoms with van der Waals surface area (Å²) in [7, 11) is 0. The van der Waals surface area contributed by atoms with Crippen molar-refractivity contribution in [3.8, 4) is 5.75 Å². The number of ether oxygens (including phenoxy) is 1. The van der Waals surface area contributed by atoms with E-state index in [0.717, 1.165) is 0 Å². The van der Waals surface area contributed by atoms with Gasteiger partial charge in [0.25, 0.3) is 0 Å². The lowest BCUT2D eigenvalue weighted by atomic mass is 10.1. The van der Waals surface area contributed by atoms with Crippen LogP contribution in [0.5, 0.6) is 5.75 Å². The van der Waals surface area contributed by atoms with Crippen molar-refractivity contribution >= 4 is 24.1 Å². The molecule has 0 fully saturated rings. The third-order valence-electron chi connectivity index (χ3n) is 2.88. The lowest BCUT2D eigenvalue weighted by Crippen LogP contribution is -2.47. The van der Waals surface area contributed by atoms with Gasteiger partial charge in [0.05, 0.1) is 13.0 Å². The number of Topliss-reactive ketones (excluding diaryl/α,β-unsaturated/α-hetero) is 1. The zero-order valence-electron chi connectivity index (χ0n) is 12.9. The molecule has 1 atom stereocenters. The summed E-state index contributed by atoms with van der Waals surface area (Å²) < 4.78 is 57.4. The molecule has 1 unspecified atom stereocenters. The average Bonchev–Trinajstić information content (AvgIpc) is 2.57. The van der Waals surface area contributed by atoms with Gasteiger partial charge in [0, 0.05) is 6.07 Å². The molecule has 1 aromatic rings. The SMILES string of the molecule is O=CNCC(=O)NC(CC(=O)O)C(=O)COc1c(F)c(F)cc(F)c1F. The number of hydrogen-bond acceptors (Lipinski definition) is 5. The lowest BCUT2D eigenvalue weighted by Gasteiger charge is -2.16. The Morgan fingerprint density at radius 2 is 1.73 bits per heavy atom. The third-order valence-corrected chi connectivity index (χ3v) is 2.88. The first kappa shape index (κ1) is 20.9. The van der Waals surface area contributed by atoms with Crippen LogP contribution in [0.2, 0.25) is 0 Å². The highest BCUT2D eigenvalue weighted by Gasteiger charge is 2.26. The first-order valence-electron chi connectivity index (χ1n) is 6.84. The molecular weight excluding hydrogens is 368 g/mol. The third kappa shape index (κ3) is 5.72. The molecule has 0 aliphatic carbocycles. The summed E-state index contributed by atoms with van der Waals surface area (Å²) in [6.07, 6.45) is -0.724. The van der Waals surface area contributed by atoms with Crippen molar-refractivity contribution in [3.05, 3.63) is 29.3 Å². The minimum absolute atomic E-state index is 0.0627. The maximum absolute atomic E-state index is 13.4. The number of carbonyl (C=O) groups excluding carboxylic acids is 3. The molecule has 1 aromatic carbocycles. The van der Waals surface area contributed by atoms with Crippen LogP contribution in [0.4, 0.5) is 17.6 Å². The molecule has 8 nitrogen and oxygen atoms in total. The minimum Gasteiger partial charge on any atom is -0.481 e. The normalized spacial score (nSPS) is 11.4. The second kappa shape index (κ2) is 9.34. The van der Waals surface area contributed by atoms with Crippen molar-refractivity contribution in [2.24, 2.45) is 0 Å². The Morgan fingerprint density at radius 1 is 1.15 bits per heavy atom. The fraction of sp³-hybridized carbons (Fsp3) is 0.286. The molecule has 3 N–H and O–H groups in total. The molecule has 1 rings (SSSR count). The Hall–Kier alpha value is -3.18. The van der Waals surface area contributed by atoms with Crippen LogP contribution < -0.4 is 15.4 Å². The van der Waals surface area contributed by atoms with Gasteiger partial charge in [-0.1, -0.05) is 0 Å². The Kier molecular flexibility index (Phi) is 7.50. The predicted octanol–water partition coefficient (Wildman–Crippen LogP) is -0.104. The summed E-state index contributed by atoms with van der Waals surface area (Å²) in [4.78, 5) is 44.2. The standard InChI is InChI=1S/C14H12F4N2O6/c15-6-1-7(16)13(18)14(12(6)17)26-4-9(22)8(2-11(24)25)20-10(23)3-19-5-21/h1,5,8H,2-4H2,(H,19,21)(H,20,23)(H,24,25). The van der Waals surface area contributed by atoms with Gasteiger partial charge in [-0.25, -0.2) is 8.78 Å². The average molecular weight is 380 g/mol. The Bertz CT molecular complexity index is 702. The topological polar surface area (TPSA) is 122 Å². The largest absolute Gasteiger partial charge is 0.481 e. The predicted molar refractivity (Wildman–Crippen MR) is 75.0 cm³/mol. The Balaban J connectivity index is 2.86. The first-order chi connectivity index (χ1) is 12.2. The van der Waals surface area contributed by atoms with E-state index in [-0.39, 0.29) is 12.5 Å². The van der Waals surface area contributed by atoms with Crippen molar-refractivity contribution in [2.75, 3.05) is 13.2 Å². The van der Waals surface area contributed by atoms with Crippen molar-refractivity contribution < 1.29 is 46.6 Å². The van der Waals surface area contributed by atoms with Crippen molar-refractivity contribution in [3.63, 3.8) is 0 Å². The van der Waals surface area contributed by atoms with Gasteiger partial charge in [-0.2, -0.15) is 8.78 Å². The number of benzene rings is 1. The summed E-state index contributed by atoms with van der Waals surface area (Å²) in [5, 5.41) is 12.7. The minimum atomic E-state index is -1.88. The van der Waals surface area contributed by atoms with Crippen LogP contribution >= 0.6 is 0 Å². The number of hydrogen-bond donors (Lipinski definition) is 3. The molecule has 0 saturated carbocycles. The molecule has 0 spiro atoms. The van der Waals surface area contributed by atoms with Crippen LogP contribution in [0, 0.1) is 23.3 Å². The van der Waals surface area contributed by atoms with E-state index in [2.05, 4.69) is 4.74 Å². The second-order valence-corrected chi connectivity index (χ2v) is 4.77.